The number of H-pyrrole nitrogens is 1. The van der Waals surface area contributed by atoms with Gasteiger partial charge >= 0.3 is 5.76 Å². The molecule has 4 aromatic heterocycles. The van der Waals surface area contributed by atoms with Crippen molar-refractivity contribution in [1.82, 2.24) is 48.6 Å². The topological polar surface area (TPSA) is 168 Å². The number of aromatic amines is 1. The quantitative estimate of drug-likeness (QED) is 0.0982. The van der Waals surface area contributed by atoms with Crippen LogP contribution in [0.25, 0.3) is 44.3 Å². The van der Waals surface area contributed by atoms with Crippen LogP contribution in [0.4, 0.5) is 0 Å². The maximum Gasteiger partial charge on any atom is 0.420 e. The van der Waals surface area contributed by atoms with Gasteiger partial charge in [0.15, 0.2) is 5.58 Å². The number of methoxy groups -OCH3 is 2. The summed E-state index contributed by atoms with van der Waals surface area (Å²) in [6.45, 7) is 10.6. The van der Waals surface area contributed by atoms with Crippen LogP contribution < -0.4 is 10.5 Å². The fraction of sp³-hybridized carbons (Fsp3) is 0.410. The van der Waals surface area contributed by atoms with Crippen molar-refractivity contribution in [3.63, 3.8) is 0 Å². The molecule has 17 nitrogen and oxygen atoms in total. The number of rotatable bonds is 15. The molecule has 0 spiro atoms. The molecule has 3 amide bonds. The molecule has 0 bridgehead atoms. The molecule has 12 rings (SSSR count). The van der Waals surface area contributed by atoms with E-state index in [-0.39, 0.29) is 31.2 Å². The highest BCUT2D eigenvalue weighted by molar-refractivity contribution is 6.00. The molecule has 0 radical (unpaired) electrons. The Bertz CT molecular complexity index is 3540. The zero-order valence-corrected chi connectivity index (χ0v) is 44.9. The summed E-state index contributed by atoms with van der Waals surface area (Å²) in [6, 6.07) is 31.5. The molecular weight excluding hydrogens is 985 g/mol. The van der Waals surface area contributed by atoms with Gasteiger partial charge in [-0.1, -0.05) is 36.4 Å². The van der Waals surface area contributed by atoms with Gasteiger partial charge in [-0.2, -0.15) is 0 Å². The van der Waals surface area contributed by atoms with Crippen molar-refractivity contribution in [2.75, 3.05) is 73.1 Å². The molecule has 1 atom stereocenters. The van der Waals surface area contributed by atoms with E-state index < -0.39 is 17.7 Å². The number of piperidine rings is 3. The van der Waals surface area contributed by atoms with Crippen molar-refractivity contribution in [2.24, 2.45) is 13.0 Å². The van der Waals surface area contributed by atoms with Crippen molar-refractivity contribution in [3.8, 4) is 16.9 Å². The molecule has 4 aliphatic heterocycles. The molecule has 4 fully saturated rings. The lowest BCUT2D eigenvalue weighted by atomic mass is 9.88. The van der Waals surface area contributed by atoms with Crippen molar-refractivity contribution < 1.29 is 28.3 Å². The predicted molar refractivity (Wildman–Crippen MR) is 298 cm³/mol. The minimum Gasteiger partial charge on any atom is -0.497 e. The van der Waals surface area contributed by atoms with Gasteiger partial charge in [0.25, 0.3) is 11.8 Å². The molecule has 78 heavy (non-hydrogen) atoms. The van der Waals surface area contributed by atoms with Crippen LogP contribution in [0.15, 0.2) is 112 Å². The first kappa shape index (κ1) is 51.3. The number of aryl methyl sites for hydroxylation is 1. The summed E-state index contributed by atoms with van der Waals surface area (Å²) in [4.78, 5) is 77.4. The minimum atomic E-state index is -0.822. The van der Waals surface area contributed by atoms with Crippen molar-refractivity contribution in [2.45, 2.75) is 76.7 Å². The standard InChI is InChI=1S/C61H68N10O7/c1-65-47(34-50-49(18-23-62-58(50)65)46-11-14-51-52(33-46)64-56(63-51)39-76-2)38-66-24-21-44(22-25-66)43-7-9-45(10-8-43)59(73)69-26-19-41(20-27-69)35-67-28-30-68(31-29-67)36-42-6-15-53-55(32-42)78-61(75)71(53)54-16-17-57(72)70(60(54)74)37-40-4-12-48(77-3)13-5-40/h4-15,18,23,32-34,41,44,54H,16-17,19-22,24-31,35-39H2,1-3H3,(H,63,64). The second kappa shape index (κ2) is 22.1. The fourth-order valence-corrected chi connectivity index (χ4v) is 12.5. The number of hydrogen-bond donors (Lipinski definition) is 1. The first-order valence-corrected chi connectivity index (χ1v) is 27.6. The molecule has 4 aliphatic rings. The Morgan fingerprint density at radius 2 is 1.49 bits per heavy atom. The number of carbonyl (C=O) groups is 3. The third kappa shape index (κ3) is 10.5. The lowest BCUT2D eigenvalue weighted by Crippen LogP contribution is -2.48. The maximum atomic E-state index is 13.8. The van der Waals surface area contributed by atoms with E-state index in [4.69, 9.17) is 23.9 Å². The molecule has 4 aromatic carbocycles. The SMILES string of the molecule is COCc1nc2cc(-c3ccnc4c3cc(CN3CCC(c5ccc(C(=O)N6CCC(CN7CCN(Cc8ccc9c(c8)oc(=O)n9C8CCC(=O)N(Cc9ccc(OC)cc9)C8=O)CC7)CC6)cc5)CC3)n4C)ccc2[nH]1. The van der Waals surface area contributed by atoms with E-state index in [1.54, 1.807) is 26.4 Å². The van der Waals surface area contributed by atoms with Crippen LogP contribution in [0.1, 0.15) is 89.1 Å². The number of benzene rings is 4. The first-order valence-electron chi connectivity index (χ1n) is 27.6. The van der Waals surface area contributed by atoms with Crippen LogP contribution >= 0.6 is 0 Å². The second-order valence-corrected chi connectivity index (χ2v) is 21.9. The molecule has 404 valence electrons. The van der Waals surface area contributed by atoms with Gasteiger partial charge in [0.1, 0.15) is 29.9 Å². The lowest BCUT2D eigenvalue weighted by molar-refractivity contribution is -0.151. The lowest BCUT2D eigenvalue weighted by Gasteiger charge is -2.39. The summed E-state index contributed by atoms with van der Waals surface area (Å²) < 4.78 is 19.9. The summed E-state index contributed by atoms with van der Waals surface area (Å²) in [5.41, 5.74) is 11.4. The number of oxazole rings is 1. The Kier molecular flexibility index (Phi) is 14.6. The van der Waals surface area contributed by atoms with E-state index in [1.807, 2.05) is 53.6 Å². The van der Waals surface area contributed by atoms with E-state index >= 15 is 0 Å². The number of carbonyl (C=O) groups excluding carboxylic acids is 3. The Morgan fingerprint density at radius 3 is 2.24 bits per heavy atom. The van der Waals surface area contributed by atoms with Crippen LogP contribution in [0.3, 0.4) is 0 Å². The van der Waals surface area contributed by atoms with Gasteiger partial charge < -0.3 is 33.2 Å². The minimum absolute atomic E-state index is 0.125. The maximum absolute atomic E-state index is 13.8. The van der Waals surface area contributed by atoms with Gasteiger partial charge in [0, 0.05) is 102 Å². The number of likely N-dealkylation sites (tertiary alicyclic amines) is 3. The van der Waals surface area contributed by atoms with Crippen molar-refractivity contribution in [1.29, 1.82) is 0 Å². The monoisotopic (exact) mass is 1050 g/mol. The third-order valence-corrected chi connectivity index (χ3v) is 17.0. The normalized spacial score (nSPS) is 18.8. The number of amides is 3. The van der Waals surface area contributed by atoms with E-state index in [0.717, 1.165) is 153 Å². The first-order chi connectivity index (χ1) is 38.0. The van der Waals surface area contributed by atoms with Crippen molar-refractivity contribution >= 4 is 50.9 Å². The Morgan fingerprint density at radius 1 is 0.744 bits per heavy atom. The Labute approximate surface area is 453 Å². The summed E-state index contributed by atoms with van der Waals surface area (Å²) >= 11 is 0. The summed E-state index contributed by atoms with van der Waals surface area (Å²) in [7, 11) is 5.38. The molecule has 1 N–H and O–H groups in total. The highest BCUT2D eigenvalue weighted by Gasteiger charge is 2.38. The number of fused-ring (bicyclic) bond motifs is 3. The van der Waals surface area contributed by atoms with Crippen LogP contribution in [0.5, 0.6) is 5.75 Å². The van der Waals surface area contributed by atoms with Gasteiger partial charge in [-0.05, 0) is 146 Å². The highest BCUT2D eigenvalue weighted by Crippen LogP contribution is 2.35. The second-order valence-electron chi connectivity index (χ2n) is 21.9. The number of pyridine rings is 1. The zero-order chi connectivity index (χ0) is 53.4. The fourth-order valence-electron chi connectivity index (χ4n) is 12.5. The molecule has 17 heteroatoms. The van der Waals surface area contributed by atoms with E-state index in [0.29, 0.717) is 35.3 Å². The number of nitrogens with one attached hydrogen (secondary N) is 1. The third-order valence-electron chi connectivity index (χ3n) is 17.0. The molecular formula is C61H68N10O7. The van der Waals surface area contributed by atoms with Crippen LogP contribution in [-0.4, -0.2) is 139 Å². The van der Waals surface area contributed by atoms with Crippen LogP contribution in [0.2, 0.25) is 0 Å². The Balaban J connectivity index is 0.581. The van der Waals surface area contributed by atoms with Gasteiger partial charge in [0.2, 0.25) is 5.91 Å². The van der Waals surface area contributed by atoms with E-state index in [2.05, 4.69) is 73.8 Å². The highest BCUT2D eigenvalue weighted by atomic mass is 16.5. The van der Waals surface area contributed by atoms with E-state index in [1.165, 1.54) is 20.7 Å². The molecule has 4 saturated heterocycles. The number of nitrogens with zero attached hydrogens (tertiary/aromatic N) is 9. The summed E-state index contributed by atoms with van der Waals surface area (Å²) in [5.74, 6) is 1.42. The largest absolute Gasteiger partial charge is 0.497 e. The predicted octanol–water partition coefficient (Wildman–Crippen LogP) is 8.12. The van der Waals surface area contributed by atoms with Crippen LogP contribution in [-0.2, 0) is 47.6 Å². The number of hydrogen-bond acceptors (Lipinski definition) is 12. The van der Waals surface area contributed by atoms with Crippen molar-refractivity contribution in [3.05, 3.63) is 148 Å². The number of aromatic nitrogens is 5. The zero-order valence-electron chi connectivity index (χ0n) is 44.9. The average molecular weight is 1050 g/mol. The van der Waals surface area contributed by atoms with E-state index in [9.17, 15) is 19.2 Å². The molecule has 8 heterocycles. The number of piperazine rings is 1. The number of imidazole rings is 1. The summed E-state index contributed by atoms with van der Waals surface area (Å²) in [5, 5.41) is 1.15. The molecule has 8 aromatic rings. The number of ether oxygens (including phenoxy) is 2. The smallest absolute Gasteiger partial charge is 0.420 e. The van der Waals surface area contributed by atoms with Gasteiger partial charge in [-0.15, -0.1) is 0 Å². The van der Waals surface area contributed by atoms with Gasteiger partial charge in [-0.25, -0.2) is 14.8 Å². The Hall–Kier alpha value is -7.44. The molecule has 0 saturated carbocycles. The number of imide groups is 1. The van der Waals surface area contributed by atoms with Gasteiger partial charge in [-0.3, -0.25) is 33.7 Å². The molecule has 1 unspecified atom stereocenters. The summed E-state index contributed by atoms with van der Waals surface area (Å²) in [6.07, 6.45) is 6.47. The van der Waals surface area contributed by atoms with Gasteiger partial charge in [0.05, 0.1) is 30.2 Å². The average Bonchev–Trinajstić information content (AvgIpc) is 4.14. The van der Waals surface area contributed by atoms with Crippen LogP contribution in [0, 0.1) is 5.92 Å². The molecule has 0 aliphatic carbocycles.